The molecule has 6 heteroatoms. The molecule has 6 nitrogen and oxygen atoms in total. The van der Waals surface area contributed by atoms with Crippen LogP contribution in [-0.2, 0) is 10.3 Å². The summed E-state index contributed by atoms with van der Waals surface area (Å²) in [4.78, 5) is 25.6. The van der Waals surface area contributed by atoms with Gasteiger partial charge in [-0.05, 0) is 31.5 Å². The number of amides is 3. The van der Waals surface area contributed by atoms with Crippen LogP contribution in [0, 0.1) is 17.2 Å². The highest BCUT2D eigenvalue weighted by molar-refractivity contribution is 6.07. The van der Waals surface area contributed by atoms with Crippen molar-refractivity contribution in [2.24, 2.45) is 5.92 Å². The van der Waals surface area contributed by atoms with Gasteiger partial charge in [-0.15, -0.1) is 0 Å². The zero-order chi connectivity index (χ0) is 15.6. The lowest BCUT2D eigenvalue weighted by Crippen LogP contribution is -2.41. The van der Waals surface area contributed by atoms with Crippen LogP contribution < -0.4 is 10.1 Å². The smallest absolute Gasteiger partial charge is 0.325 e. The number of ether oxygens (including phenoxy) is 1. The fraction of sp³-hybridized carbons (Fsp3) is 0.400. The van der Waals surface area contributed by atoms with E-state index in [9.17, 15) is 9.59 Å². The first-order valence-electron chi connectivity index (χ1n) is 6.60. The Labute approximate surface area is 123 Å². The third-order valence-electron chi connectivity index (χ3n) is 3.62. The first-order valence-corrected chi connectivity index (χ1v) is 6.60. The topological polar surface area (TPSA) is 82.4 Å². The van der Waals surface area contributed by atoms with Gasteiger partial charge in [0.2, 0.25) is 0 Å². The SMILES string of the molecule is COc1ccc([C@@]2(C)NC(=O)N(C[C@H](C)C#N)C2=O)cc1. The Kier molecular flexibility index (Phi) is 3.85. The van der Waals surface area contributed by atoms with Crippen LogP contribution >= 0.6 is 0 Å². The fourth-order valence-electron chi connectivity index (χ4n) is 2.30. The molecule has 0 saturated carbocycles. The number of nitrogens with one attached hydrogen (secondary N) is 1. The molecule has 1 aromatic rings. The standard InChI is InChI=1S/C15H17N3O3/c1-10(8-16)9-18-13(19)15(2,17-14(18)20)11-4-6-12(21-3)7-5-11/h4-7,10H,9H2,1-3H3,(H,17,20)/t10-,15-/m1/s1. The van der Waals surface area contributed by atoms with Crippen LogP contribution in [0.1, 0.15) is 19.4 Å². The van der Waals surface area contributed by atoms with Crippen molar-refractivity contribution >= 4 is 11.9 Å². The van der Waals surface area contributed by atoms with E-state index in [1.54, 1.807) is 45.2 Å². The molecule has 0 bridgehead atoms. The van der Waals surface area contributed by atoms with Crippen molar-refractivity contribution in [2.75, 3.05) is 13.7 Å². The molecule has 1 fully saturated rings. The van der Waals surface area contributed by atoms with Gasteiger partial charge in [-0.3, -0.25) is 9.69 Å². The van der Waals surface area contributed by atoms with Crippen LogP contribution in [0.4, 0.5) is 4.79 Å². The molecule has 0 aliphatic carbocycles. The summed E-state index contributed by atoms with van der Waals surface area (Å²) in [5, 5.41) is 11.5. The summed E-state index contributed by atoms with van der Waals surface area (Å²) in [5.74, 6) is -0.0771. The molecule has 0 spiro atoms. The van der Waals surface area contributed by atoms with Gasteiger partial charge in [0.15, 0.2) is 0 Å². The fourth-order valence-corrected chi connectivity index (χ4v) is 2.30. The summed E-state index contributed by atoms with van der Waals surface area (Å²) in [6.07, 6.45) is 0. The van der Waals surface area contributed by atoms with Crippen molar-refractivity contribution in [2.45, 2.75) is 19.4 Å². The van der Waals surface area contributed by atoms with Crippen LogP contribution in [0.2, 0.25) is 0 Å². The Hall–Kier alpha value is -2.55. The molecule has 2 atom stereocenters. The summed E-state index contributed by atoms with van der Waals surface area (Å²) in [5.41, 5.74) is -0.438. The lowest BCUT2D eigenvalue weighted by atomic mass is 9.92. The molecular weight excluding hydrogens is 270 g/mol. The third-order valence-corrected chi connectivity index (χ3v) is 3.62. The van der Waals surface area contributed by atoms with Crippen LogP contribution in [-0.4, -0.2) is 30.5 Å². The van der Waals surface area contributed by atoms with E-state index in [1.165, 1.54) is 0 Å². The largest absolute Gasteiger partial charge is 0.497 e. The number of carbonyl (C=O) groups excluding carboxylic acids is 2. The molecule has 110 valence electrons. The van der Waals surface area contributed by atoms with Crippen molar-refractivity contribution in [3.8, 4) is 11.8 Å². The molecule has 1 aliphatic heterocycles. The minimum Gasteiger partial charge on any atom is -0.497 e. The number of nitriles is 1. The molecule has 1 saturated heterocycles. The van der Waals surface area contributed by atoms with E-state index < -0.39 is 17.5 Å². The molecule has 1 N–H and O–H groups in total. The first-order chi connectivity index (χ1) is 9.92. The maximum atomic E-state index is 12.5. The van der Waals surface area contributed by atoms with Crippen LogP contribution in [0.25, 0.3) is 0 Å². The number of nitrogens with zero attached hydrogens (tertiary/aromatic N) is 2. The van der Waals surface area contributed by atoms with E-state index in [2.05, 4.69) is 5.32 Å². The van der Waals surface area contributed by atoms with E-state index in [0.29, 0.717) is 11.3 Å². The zero-order valence-corrected chi connectivity index (χ0v) is 12.2. The Morgan fingerprint density at radius 1 is 1.38 bits per heavy atom. The van der Waals surface area contributed by atoms with Gasteiger partial charge >= 0.3 is 6.03 Å². The summed E-state index contributed by atoms with van der Waals surface area (Å²) in [6, 6.07) is 8.51. The molecule has 21 heavy (non-hydrogen) atoms. The minimum absolute atomic E-state index is 0.0902. The molecular formula is C15H17N3O3. The Morgan fingerprint density at radius 2 is 2.00 bits per heavy atom. The van der Waals surface area contributed by atoms with Crippen molar-refractivity contribution in [3.05, 3.63) is 29.8 Å². The molecule has 1 heterocycles. The zero-order valence-electron chi connectivity index (χ0n) is 12.2. The molecule has 3 amide bonds. The molecule has 0 aromatic heterocycles. The summed E-state index contributed by atoms with van der Waals surface area (Å²) in [7, 11) is 1.56. The van der Waals surface area contributed by atoms with E-state index in [-0.39, 0.29) is 12.5 Å². The minimum atomic E-state index is -1.11. The predicted octanol–water partition coefficient (Wildman–Crippen LogP) is 1.62. The number of rotatable bonds is 4. The van der Waals surface area contributed by atoms with Crippen molar-refractivity contribution in [1.29, 1.82) is 5.26 Å². The number of urea groups is 1. The van der Waals surface area contributed by atoms with E-state index in [1.807, 2.05) is 6.07 Å². The summed E-state index contributed by atoms with van der Waals surface area (Å²) >= 11 is 0. The molecule has 0 radical (unpaired) electrons. The van der Waals surface area contributed by atoms with E-state index in [0.717, 1.165) is 4.90 Å². The second-order valence-corrected chi connectivity index (χ2v) is 5.23. The molecule has 2 rings (SSSR count). The van der Waals surface area contributed by atoms with Crippen molar-refractivity contribution < 1.29 is 14.3 Å². The Bertz CT molecular complexity index is 606. The maximum absolute atomic E-state index is 12.5. The average molecular weight is 287 g/mol. The Balaban J connectivity index is 2.29. The van der Waals surface area contributed by atoms with E-state index >= 15 is 0 Å². The van der Waals surface area contributed by atoms with E-state index in [4.69, 9.17) is 10.00 Å². The van der Waals surface area contributed by atoms with Gasteiger partial charge in [0, 0.05) is 6.54 Å². The lowest BCUT2D eigenvalue weighted by Gasteiger charge is -2.22. The van der Waals surface area contributed by atoms with Gasteiger partial charge in [0.25, 0.3) is 5.91 Å². The second-order valence-electron chi connectivity index (χ2n) is 5.23. The number of methoxy groups -OCH3 is 1. The molecule has 1 aromatic carbocycles. The van der Waals surface area contributed by atoms with Crippen molar-refractivity contribution in [3.63, 3.8) is 0 Å². The number of carbonyl (C=O) groups is 2. The maximum Gasteiger partial charge on any atom is 0.325 e. The highest BCUT2D eigenvalue weighted by Gasteiger charge is 2.49. The highest BCUT2D eigenvalue weighted by Crippen LogP contribution is 2.30. The third kappa shape index (κ3) is 2.55. The predicted molar refractivity (Wildman–Crippen MR) is 75.4 cm³/mol. The number of hydrogen-bond acceptors (Lipinski definition) is 4. The Morgan fingerprint density at radius 3 is 2.52 bits per heavy atom. The molecule has 1 aliphatic rings. The number of imide groups is 1. The second kappa shape index (κ2) is 5.44. The normalized spacial score (nSPS) is 22.7. The molecule has 0 unspecified atom stereocenters. The number of benzene rings is 1. The summed E-state index contributed by atoms with van der Waals surface area (Å²) in [6.45, 7) is 3.42. The quantitative estimate of drug-likeness (QED) is 0.853. The average Bonchev–Trinajstić information content (AvgIpc) is 2.71. The first kappa shape index (κ1) is 14.9. The van der Waals surface area contributed by atoms with Gasteiger partial charge in [0.05, 0.1) is 19.1 Å². The van der Waals surface area contributed by atoms with Crippen molar-refractivity contribution in [1.82, 2.24) is 10.2 Å². The monoisotopic (exact) mass is 287 g/mol. The van der Waals surface area contributed by atoms with Crippen LogP contribution in [0.5, 0.6) is 5.75 Å². The van der Waals surface area contributed by atoms with Gasteiger partial charge in [-0.1, -0.05) is 12.1 Å². The van der Waals surface area contributed by atoms with Gasteiger partial charge in [-0.2, -0.15) is 5.26 Å². The van der Waals surface area contributed by atoms with Crippen LogP contribution in [0.15, 0.2) is 24.3 Å². The number of hydrogen-bond donors (Lipinski definition) is 1. The highest BCUT2D eigenvalue weighted by atomic mass is 16.5. The van der Waals surface area contributed by atoms with Gasteiger partial charge < -0.3 is 10.1 Å². The van der Waals surface area contributed by atoms with Gasteiger partial charge in [0.1, 0.15) is 11.3 Å². The lowest BCUT2D eigenvalue weighted by molar-refractivity contribution is -0.131. The summed E-state index contributed by atoms with van der Waals surface area (Å²) < 4.78 is 5.08. The van der Waals surface area contributed by atoms with Gasteiger partial charge in [-0.25, -0.2) is 4.79 Å². The van der Waals surface area contributed by atoms with Crippen LogP contribution in [0.3, 0.4) is 0 Å².